The van der Waals surface area contributed by atoms with Crippen LogP contribution in [0.15, 0.2) is 42.5 Å². The molecule has 0 radical (unpaired) electrons. The van der Waals surface area contributed by atoms with Crippen molar-refractivity contribution in [2.45, 2.75) is 25.9 Å². The number of aryl methyl sites for hydroxylation is 1. The zero-order valence-corrected chi connectivity index (χ0v) is 12.0. The molecule has 1 N–H and O–H groups in total. The molecule has 0 saturated carbocycles. The third-order valence-electron chi connectivity index (χ3n) is 3.44. The van der Waals surface area contributed by atoms with Crippen LogP contribution in [-0.4, -0.2) is 12.2 Å². The lowest BCUT2D eigenvalue weighted by atomic mass is 9.88. The second kappa shape index (κ2) is 5.63. The van der Waals surface area contributed by atoms with E-state index >= 15 is 0 Å². The van der Waals surface area contributed by atoms with Crippen LogP contribution in [0.2, 0.25) is 0 Å². The Bertz CT molecular complexity index is 588. The zero-order valence-electron chi connectivity index (χ0n) is 12.0. The average Bonchev–Trinajstić information content (AvgIpc) is 2.39. The first-order chi connectivity index (χ1) is 9.42. The van der Waals surface area contributed by atoms with Crippen molar-refractivity contribution < 1.29 is 14.2 Å². The summed E-state index contributed by atoms with van der Waals surface area (Å²) in [6, 6.07) is 12.5. The topological polar surface area (TPSA) is 29.5 Å². The number of methoxy groups -OCH3 is 1. The van der Waals surface area contributed by atoms with Crippen molar-refractivity contribution in [2.75, 3.05) is 7.11 Å². The maximum atomic E-state index is 13.7. The first kappa shape index (κ1) is 14.5. The van der Waals surface area contributed by atoms with E-state index in [1.54, 1.807) is 19.1 Å². The molecule has 2 aromatic rings. The Hall–Kier alpha value is -1.87. The van der Waals surface area contributed by atoms with Gasteiger partial charge in [0.1, 0.15) is 0 Å². The maximum absolute atomic E-state index is 13.7. The van der Waals surface area contributed by atoms with Gasteiger partial charge >= 0.3 is 0 Å². The summed E-state index contributed by atoms with van der Waals surface area (Å²) < 4.78 is 18.6. The van der Waals surface area contributed by atoms with Crippen molar-refractivity contribution in [1.82, 2.24) is 0 Å². The number of benzene rings is 2. The molecule has 0 amide bonds. The predicted octanol–water partition coefficient (Wildman–Crippen LogP) is 3.59. The standard InChI is InChI=1S/C17H19FO2/c1-12-4-7-14(8-5-12)17(2,19)11-13-6-9-16(20-3)15(18)10-13/h4-10,19H,11H2,1-3H3. The van der Waals surface area contributed by atoms with Crippen molar-refractivity contribution in [3.63, 3.8) is 0 Å². The summed E-state index contributed by atoms with van der Waals surface area (Å²) in [6.45, 7) is 3.73. The molecule has 2 aromatic carbocycles. The van der Waals surface area contributed by atoms with E-state index in [1.807, 2.05) is 31.2 Å². The van der Waals surface area contributed by atoms with Crippen LogP contribution < -0.4 is 4.74 Å². The molecular formula is C17H19FO2. The highest BCUT2D eigenvalue weighted by Gasteiger charge is 2.23. The highest BCUT2D eigenvalue weighted by Crippen LogP contribution is 2.27. The van der Waals surface area contributed by atoms with Gasteiger partial charge in [0.2, 0.25) is 0 Å². The average molecular weight is 274 g/mol. The fourth-order valence-corrected chi connectivity index (χ4v) is 2.23. The van der Waals surface area contributed by atoms with Gasteiger partial charge in [-0.25, -0.2) is 4.39 Å². The van der Waals surface area contributed by atoms with Gasteiger partial charge in [-0.15, -0.1) is 0 Å². The van der Waals surface area contributed by atoms with Gasteiger partial charge in [0, 0.05) is 6.42 Å². The van der Waals surface area contributed by atoms with Gasteiger partial charge in [0.25, 0.3) is 0 Å². The van der Waals surface area contributed by atoms with Crippen LogP contribution >= 0.6 is 0 Å². The van der Waals surface area contributed by atoms with Crippen LogP contribution in [0.3, 0.4) is 0 Å². The summed E-state index contributed by atoms with van der Waals surface area (Å²) >= 11 is 0. The Morgan fingerprint density at radius 1 is 1.15 bits per heavy atom. The van der Waals surface area contributed by atoms with E-state index in [0.29, 0.717) is 6.42 Å². The van der Waals surface area contributed by atoms with Crippen LogP contribution in [0.1, 0.15) is 23.6 Å². The molecule has 2 nitrogen and oxygen atoms in total. The molecule has 0 aliphatic carbocycles. The second-order valence-electron chi connectivity index (χ2n) is 5.29. The number of hydrogen-bond acceptors (Lipinski definition) is 2. The van der Waals surface area contributed by atoms with Crippen LogP contribution in [0.5, 0.6) is 5.75 Å². The molecule has 0 spiro atoms. The quantitative estimate of drug-likeness (QED) is 0.923. The highest BCUT2D eigenvalue weighted by molar-refractivity contribution is 5.32. The van der Waals surface area contributed by atoms with Crippen molar-refractivity contribution in [3.05, 3.63) is 65.0 Å². The Labute approximate surface area is 118 Å². The van der Waals surface area contributed by atoms with Gasteiger partial charge in [-0.3, -0.25) is 0 Å². The lowest BCUT2D eigenvalue weighted by molar-refractivity contribution is 0.0575. The van der Waals surface area contributed by atoms with Crippen molar-refractivity contribution in [2.24, 2.45) is 0 Å². The molecule has 0 bridgehead atoms. The van der Waals surface area contributed by atoms with E-state index in [0.717, 1.165) is 16.7 Å². The smallest absolute Gasteiger partial charge is 0.165 e. The zero-order chi connectivity index (χ0) is 14.8. The molecule has 0 fully saturated rings. The van der Waals surface area contributed by atoms with Gasteiger partial charge in [-0.05, 0) is 37.1 Å². The summed E-state index contributed by atoms with van der Waals surface area (Å²) in [7, 11) is 1.43. The molecule has 20 heavy (non-hydrogen) atoms. The molecular weight excluding hydrogens is 255 g/mol. The number of halogens is 1. The predicted molar refractivity (Wildman–Crippen MR) is 77.4 cm³/mol. The van der Waals surface area contributed by atoms with Gasteiger partial charge in [-0.1, -0.05) is 35.9 Å². The largest absolute Gasteiger partial charge is 0.494 e. The van der Waals surface area contributed by atoms with Gasteiger partial charge in [0.15, 0.2) is 11.6 Å². The number of hydrogen-bond donors (Lipinski definition) is 1. The Morgan fingerprint density at radius 2 is 1.80 bits per heavy atom. The first-order valence-electron chi connectivity index (χ1n) is 6.54. The Morgan fingerprint density at radius 3 is 2.35 bits per heavy atom. The fraction of sp³-hybridized carbons (Fsp3) is 0.294. The lowest BCUT2D eigenvalue weighted by Crippen LogP contribution is -2.24. The van der Waals surface area contributed by atoms with E-state index in [9.17, 15) is 9.50 Å². The molecule has 0 heterocycles. The van der Waals surface area contributed by atoms with Crippen LogP contribution in [0.4, 0.5) is 4.39 Å². The SMILES string of the molecule is COc1ccc(CC(C)(O)c2ccc(C)cc2)cc1F. The Balaban J connectivity index is 2.23. The molecule has 1 atom stereocenters. The van der Waals surface area contributed by atoms with Crippen LogP contribution in [0, 0.1) is 12.7 Å². The van der Waals surface area contributed by atoms with Gasteiger partial charge in [-0.2, -0.15) is 0 Å². The van der Waals surface area contributed by atoms with Crippen LogP contribution in [0.25, 0.3) is 0 Å². The third kappa shape index (κ3) is 3.17. The molecule has 2 rings (SSSR count). The van der Waals surface area contributed by atoms with E-state index in [1.165, 1.54) is 13.2 Å². The summed E-state index contributed by atoms with van der Waals surface area (Å²) in [5.41, 5.74) is 1.66. The Kier molecular flexibility index (Phi) is 4.09. The monoisotopic (exact) mass is 274 g/mol. The lowest BCUT2D eigenvalue weighted by Gasteiger charge is -2.24. The highest BCUT2D eigenvalue weighted by atomic mass is 19.1. The minimum absolute atomic E-state index is 0.212. The molecule has 1 unspecified atom stereocenters. The maximum Gasteiger partial charge on any atom is 0.165 e. The summed E-state index contributed by atoms with van der Waals surface area (Å²) in [4.78, 5) is 0. The van der Waals surface area contributed by atoms with Crippen LogP contribution in [-0.2, 0) is 12.0 Å². The summed E-state index contributed by atoms with van der Waals surface area (Å²) in [5, 5.41) is 10.6. The second-order valence-corrected chi connectivity index (χ2v) is 5.29. The van der Waals surface area contributed by atoms with E-state index in [-0.39, 0.29) is 5.75 Å². The first-order valence-corrected chi connectivity index (χ1v) is 6.54. The van der Waals surface area contributed by atoms with E-state index in [2.05, 4.69) is 0 Å². The molecule has 0 aliphatic rings. The minimum atomic E-state index is -1.03. The number of ether oxygens (including phenoxy) is 1. The van der Waals surface area contributed by atoms with Crippen molar-refractivity contribution in [3.8, 4) is 5.75 Å². The fourth-order valence-electron chi connectivity index (χ4n) is 2.23. The molecule has 3 heteroatoms. The van der Waals surface area contributed by atoms with Gasteiger partial charge < -0.3 is 9.84 Å². The third-order valence-corrected chi connectivity index (χ3v) is 3.44. The van der Waals surface area contributed by atoms with Crippen molar-refractivity contribution >= 4 is 0 Å². The normalized spacial score (nSPS) is 13.8. The summed E-state index contributed by atoms with van der Waals surface area (Å²) in [6.07, 6.45) is 0.344. The number of aliphatic hydroxyl groups is 1. The molecule has 0 aliphatic heterocycles. The molecule has 106 valence electrons. The van der Waals surface area contributed by atoms with Gasteiger partial charge in [0.05, 0.1) is 12.7 Å². The van der Waals surface area contributed by atoms with E-state index in [4.69, 9.17) is 4.74 Å². The van der Waals surface area contributed by atoms with E-state index < -0.39 is 11.4 Å². The minimum Gasteiger partial charge on any atom is -0.494 e. The summed E-state index contributed by atoms with van der Waals surface area (Å²) in [5.74, 6) is -0.201. The number of rotatable bonds is 4. The molecule has 0 aromatic heterocycles. The molecule has 0 saturated heterocycles. The van der Waals surface area contributed by atoms with Crippen molar-refractivity contribution in [1.29, 1.82) is 0 Å².